The van der Waals surface area contributed by atoms with Crippen molar-refractivity contribution < 1.29 is 31.9 Å². The van der Waals surface area contributed by atoms with Crippen molar-refractivity contribution in [2.24, 2.45) is 0 Å². The highest BCUT2D eigenvalue weighted by molar-refractivity contribution is 7.89. The van der Waals surface area contributed by atoms with Crippen molar-refractivity contribution in [3.05, 3.63) is 54.3 Å². The van der Waals surface area contributed by atoms with E-state index in [2.05, 4.69) is 5.32 Å². The first-order valence-corrected chi connectivity index (χ1v) is 12.0. The van der Waals surface area contributed by atoms with Crippen molar-refractivity contribution in [2.75, 3.05) is 25.6 Å². The smallest absolute Gasteiger partial charge is 0.376 e. The standard InChI is InChI=1S/C23H24N2O7S/c1-3-31-23(27)21-20(17-7-4-5-9-19(17)32-21)24-22(26)18-8-6-14-25(18)33(28,29)16-12-10-15(30-2)11-13-16/h4-5,7,9-13,18H,3,6,8,14H2,1-2H3,(H,24,26). The number of carbonyl (C=O) groups excluding carboxylic acids is 2. The Labute approximate surface area is 191 Å². The maximum Gasteiger partial charge on any atom is 0.376 e. The Bertz CT molecular complexity index is 1280. The Morgan fingerprint density at radius 3 is 2.58 bits per heavy atom. The Balaban J connectivity index is 1.64. The van der Waals surface area contributed by atoms with E-state index >= 15 is 0 Å². The monoisotopic (exact) mass is 472 g/mol. The lowest BCUT2D eigenvalue weighted by molar-refractivity contribution is -0.119. The van der Waals surface area contributed by atoms with Crippen LogP contribution in [0.3, 0.4) is 0 Å². The molecule has 33 heavy (non-hydrogen) atoms. The Kier molecular flexibility index (Phi) is 6.39. The molecule has 174 valence electrons. The number of amides is 1. The van der Waals surface area contributed by atoms with Crippen LogP contribution in [0.15, 0.2) is 57.8 Å². The number of ether oxygens (including phenoxy) is 2. The SMILES string of the molecule is CCOC(=O)c1oc2ccccc2c1NC(=O)C1CCCN1S(=O)(=O)c1ccc(OC)cc1. The van der Waals surface area contributed by atoms with Crippen molar-refractivity contribution in [1.82, 2.24) is 4.31 Å². The number of nitrogens with zero attached hydrogens (tertiary/aromatic N) is 1. The molecule has 0 saturated carbocycles. The van der Waals surface area contributed by atoms with Gasteiger partial charge in [0.2, 0.25) is 21.7 Å². The van der Waals surface area contributed by atoms with Crippen LogP contribution in [0.4, 0.5) is 5.69 Å². The molecule has 10 heteroatoms. The number of hydrogen-bond acceptors (Lipinski definition) is 7. The second-order valence-corrected chi connectivity index (χ2v) is 9.35. The highest BCUT2D eigenvalue weighted by Gasteiger charge is 2.40. The highest BCUT2D eigenvalue weighted by atomic mass is 32.2. The number of nitrogens with one attached hydrogen (secondary N) is 1. The maximum absolute atomic E-state index is 13.2. The summed E-state index contributed by atoms with van der Waals surface area (Å²) < 4.78 is 43.4. The lowest BCUT2D eigenvalue weighted by Crippen LogP contribution is -2.43. The van der Waals surface area contributed by atoms with Crippen molar-refractivity contribution in [3.8, 4) is 5.75 Å². The van der Waals surface area contributed by atoms with Gasteiger partial charge in [0.05, 0.1) is 18.6 Å². The summed E-state index contributed by atoms with van der Waals surface area (Å²) in [6, 6.07) is 11.9. The number of anilines is 1. The fraction of sp³-hybridized carbons (Fsp3) is 0.304. The topological polar surface area (TPSA) is 115 Å². The van der Waals surface area contributed by atoms with Crippen LogP contribution in [-0.4, -0.2) is 50.9 Å². The number of sulfonamides is 1. The fourth-order valence-corrected chi connectivity index (χ4v) is 5.55. The molecule has 1 unspecified atom stereocenters. The van der Waals surface area contributed by atoms with Gasteiger partial charge in [-0.3, -0.25) is 4.79 Å². The quantitative estimate of drug-likeness (QED) is 0.524. The van der Waals surface area contributed by atoms with Gasteiger partial charge in [0.15, 0.2) is 0 Å². The molecule has 2 heterocycles. The predicted octanol–water partition coefficient (Wildman–Crippen LogP) is 3.41. The summed E-state index contributed by atoms with van der Waals surface area (Å²) in [4.78, 5) is 25.7. The lowest BCUT2D eigenvalue weighted by Gasteiger charge is -2.23. The summed E-state index contributed by atoms with van der Waals surface area (Å²) in [7, 11) is -2.42. The highest BCUT2D eigenvalue weighted by Crippen LogP contribution is 2.33. The van der Waals surface area contributed by atoms with E-state index in [1.807, 2.05) is 0 Å². The zero-order chi connectivity index (χ0) is 23.6. The van der Waals surface area contributed by atoms with Crippen LogP contribution < -0.4 is 10.1 Å². The molecule has 0 radical (unpaired) electrons. The molecule has 3 aromatic rings. The molecule has 1 N–H and O–H groups in total. The third kappa shape index (κ3) is 4.31. The van der Waals surface area contributed by atoms with Crippen LogP contribution in [0.2, 0.25) is 0 Å². The van der Waals surface area contributed by atoms with Crippen LogP contribution in [0.1, 0.15) is 30.3 Å². The number of rotatable bonds is 7. The van der Waals surface area contributed by atoms with Gasteiger partial charge in [-0.1, -0.05) is 12.1 Å². The molecule has 1 atom stereocenters. The van der Waals surface area contributed by atoms with Gasteiger partial charge >= 0.3 is 5.97 Å². The number of carbonyl (C=O) groups is 2. The van der Waals surface area contributed by atoms with E-state index in [1.54, 1.807) is 43.3 Å². The second kappa shape index (κ2) is 9.24. The van der Waals surface area contributed by atoms with Gasteiger partial charge in [-0.05, 0) is 56.2 Å². The number of furan rings is 1. The van der Waals surface area contributed by atoms with Crippen LogP contribution in [0, 0.1) is 0 Å². The van der Waals surface area contributed by atoms with Crippen molar-refractivity contribution >= 4 is 38.6 Å². The number of methoxy groups -OCH3 is 1. The molecule has 0 aliphatic carbocycles. The van der Waals surface area contributed by atoms with Crippen molar-refractivity contribution in [2.45, 2.75) is 30.7 Å². The van der Waals surface area contributed by atoms with Gasteiger partial charge in [-0.2, -0.15) is 4.31 Å². The van der Waals surface area contributed by atoms with Crippen LogP contribution >= 0.6 is 0 Å². The minimum atomic E-state index is -3.91. The molecule has 1 aliphatic heterocycles. The molecule has 1 aliphatic rings. The summed E-state index contributed by atoms with van der Waals surface area (Å²) in [5, 5.41) is 3.25. The summed E-state index contributed by atoms with van der Waals surface area (Å²) in [6.07, 6.45) is 0.885. The third-order valence-electron chi connectivity index (χ3n) is 5.48. The fourth-order valence-electron chi connectivity index (χ4n) is 3.89. The van der Waals surface area contributed by atoms with E-state index in [1.165, 1.54) is 23.5 Å². The van der Waals surface area contributed by atoms with Crippen LogP contribution in [0.25, 0.3) is 11.0 Å². The average Bonchev–Trinajstić information content (AvgIpc) is 3.45. The van der Waals surface area contributed by atoms with E-state index < -0.39 is 27.9 Å². The molecular formula is C23H24N2O7S. The van der Waals surface area contributed by atoms with Gasteiger partial charge in [-0.15, -0.1) is 0 Å². The summed E-state index contributed by atoms with van der Waals surface area (Å²) >= 11 is 0. The van der Waals surface area contributed by atoms with Gasteiger partial charge < -0.3 is 19.2 Å². The number of esters is 1. The number of hydrogen-bond donors (Lipinski definition) is 1. The molecule has 1 aromatic heterocycles. The van der Waals surface area contributed by atoms with E-state index in [4.69, 9.17) is 13.9 Å². The summed E-state index contributed by atoms with van der Waals surface area (Å²) in [6.45, 7) is 2.02. The van der Waals surface area contributed by atoms with Gasteiger partial charge in [0.1, 0.15) is 23.1 Å². The zero-order valence-corrected chi connectivity index (χ0v) is 19.1. The number of benzene rings is 2. The molecule has 2 aromatic carbocycles. The maximum atomic E-state index is 13.2. The van der Waals surface area contributed by atoms with Crippen LogP contribution in [0.5, 0.6) is 5.75 Å². The minimum Gasteiger partial charge on any atom is -0.497 e. The molecule has 0 spiro atoms. The Morgan fingerprint density at radius 2 is 1.88 bits per heavy atom. The van der Waals surface area contributed by atoms with E-state index in [0.29, 0.717) is 29.6 Å². The number of para-hydroxylation sites is 1. The largest absolute Gasteiger partial charge is 0.497 e. The summed E-state index contributed by atoms with van der Waals surface area (Å²) in [5.41, 5.74) is 0.577. The van der Waals surface area contributed by atoms with Gasteiger partial charge in [0, 0.05) is 11.9 Å². The van der Waals surface area contributed by atoms with E-state index in [9.17, 15) is 18.0 Å². The van der Waals surface area contributed by atoms with Gasteiger partial charge in [0.25, 0.3) is 0 Å². The molecule has 1 saturated heterocycles. The Hall–Kier alpha value is -3.37. The molecule has 9 nitrogen and oxygen atoms in total. The first-order chi connectivity index (χ1) is 15.9. The number of fused-ring (bicyclic) bond motifs is 1. The molecule has 1 fully saturated rings. The van der Waals surface area contributed by atoms with Crippen molar-refractivity contribution in [3.63, 3.8) is 0 Å². The first-order valence-electron chi connectivity index (χ1n) is 10.5. The van der Waals surface area contributed by atoms with Crippen LogP contribution in [-0.2, 0) is 19.6 Å². The molecular weight excluding hydrogens is 448 g/mol. The van der Waals surface area contributed by atoms with E-state index in [0.717, 1.165) is 0 Å². The normalized spacial score (nSPS) is 16.6. The predicted molar refractivity (Wildman–Crippen MR) is 121 cm³/mol. The summed E-state index contributed by atoms with van der Waals surface area (Å²) in [5.74, 6) is -0.850. The second-order valence-electron chi connectivity index (χ2n) is 7.46. The van der Waals surface area contributed by atoms with Gasteiger partial charge in [-0.25, -0.2) is 13.2 Å². The van der Waals surface area contributed by atoms with Crippen molar-refractivity contribution in [1.29, 1.82) is 0 Å². The zero-order valence-electron chi connectivity index (χ0n) is 18.2. The lowest BCUT2D eigenvalue weighted by atomic mass is 10.2. The Morgan fingerprint density at radius 1 is 1.15 bits per heavy atom. The minimum absolute atomic E-state index is 0.0731. The first kappa shape index (κ1) is 22.8. The third-order valence-corrected chi connectivity index (χ3v) is 7.40. The van der Waals surface area contributed by atoms with E-state index in [-0.39, 0.29) is 29.5 Å². The molecule has 4 rings (SSSR count). The average molecular weight is 473 g/mol. The molecule has 1 amide bonds. The molecule has 0 bridgehead atoms.